The highest BCUT2D eigenvalue weighted by molar-refractivity contribution is 8.03. The Hall–Kier alpha value is -3.01. The van der Waals surface area contributed by atoms with Crippen molar-refractivity contribution in [3.8, 4) is 0 Å². The summed E-state index contributed by atoms with van der Waals surface area (Å²) in [6, 6.07) is 4.91. The molecule has 1 aromatic carbocycles. The SMILES string of the molecule is C[C@@H](O)[C@H]1C(=O)N2C(C(=O)OCc3ccc([N+](=O)[O-])cc3)=C(SCC(=O)NCCS(=O)(=O)O)[C@H](C)[C@H]12. The molecule has 2 amide bonds. The number of thioether (sulfide) groups is 1. The Morgan fingerprint density at radius 1 is 1.31 bits per heavy atom. The molecule has 0 radical (unpaired) electrons. The van der Waals surface area contributed by atoms with Crippen LogP contribution < -0.4 is 5.32 Å². The Labute approximate surface area is 210 Å². The van der Waals surface area contributed by atoms with Gasteiger partial charge in [-0.25, -0.2) is 4.79 Å². The second kappa shape index (κ2) is 10.9. The van der Waals surface area contributed by atoms with Gasteiger partial charge in [-0.05, 0) is 24.6 Å². The standard InChI is InChI=1S/C21H25N3O10S2/c1-11-17-16(12(2)25)20(27)23(17)18(19(11)35-10-15(26)22-7-8-36(31,32)33)21(28)34-9-13-3-5-14(6-4-13)24(29)30/h3-6,11-12,16-17,25H,7-10H2,1-2H3,(H,22,26)(H,31,32,33)/t11-,12-,16-,17-/m1/s1. The van der Waals surface area contributed by atoms with E-state index >= 15 is 0 Å². The van der Waals surface area contributed by atoms with Crippen LogP contribution in [0.4, 0.5) is 5.69 Å². The van der Waals surface area contributed by atoms with E-state index in [1.54, 1.807) is 6.92 Å². The summed E-state index contributed by atoms with van der Waals surface area (Å²) in [6.45, 7) is 2.73. The summed E-state index contributed by atoms with van der Waals surface area (Å²) in [5, 5.41) is 23.2. The minimum Gasteiger partial charge on any atom is -0.456 e. The van der Waals surface area contributed by atoms with Gasteiger partial charge < -0.3 is 20.1 Å². The molecule has 0 bridgehead atoms. The van der Waals surface area contributed by atoms with Crippen molar-refractivity contribution in [3.63, 3.8) is 0 Å². The molecule has 0 unspecified atom stereocenters. The van der Waals surface area contributed by atoms with Crippen LogP contribution in [0.2, 0.25) is 0 Å². The molecule has 3 rings (SSSR count). The maximum Gasteiger partial charge on any atom is 0.356 e. The predicted octanol–water partition coefficient (Wildman–Crippen LogP) is 0.444. The number of non-ortho nitro benzene ring substituents is 1. The predicted molar refractivity (Wildman–Crippen MR) is 127 cm³/mol. The number of nitro benzene ring substituents is 1. The molecule has 0 aromatic heterocycles. The first-order chi connectivity index (χ1) is 16.8. The van der Waals surface area contributed by atoms with Gasteiger partial charge in [0.2, 0.25) is 11.8 Å². The molecule has 2 aliphatic rings. The lowest BCUT2D eigenvalue weighted by atomic mass is 9.79. The number of carbonyl (C=O) groups is 3. The number of rotatable bonds is 11. The molecule has 2 heterocycles. The zero-order chi connectivity index (χ0) is 26.8. The molecule has 1 aromatic rings. The van der Waals surface area contributed by atoms with Gasteiger partial charge in [0.15, 0.2) is 0 Å². The van der Waals surface area contributed by atoms with Crippen LogP contribution in [-0.4, -0.2) is 75.9 Å². The molecule has 3 N–H and O–H groups in total. The summed E-state index contributed by atoms with van der Waals surface area (Å²) >= 11 is 0.989. The van der Waals surface area contributed by atoms with Crippen molar-refractivity contribution in [2.45, 2.75) is 32.6 Å². The molecule has 0 saturated carbocycles. The number of fused-ring (bicyclic) bond motifs is 1. The van der Waals surface area contributed by atoms with Crippen molar-refractivity contribution in [1.82, 2.24) is 10.2 Å². The quantitative estimate of drug-likeness (QED) is 0.115. The molecule has 0 spiro atoms. The number of hydrogen-bond acceptors (Lipinski definition) is 10. The largest absolute Gasteiger partial charge is 0.456 e. The zero-order valence-electron chi connectivity index (χ0n) is 19.3. The van der Waals surface area contributed by atoms with Crippen LogP contribution >= 0.6 is 11.8 Å². The number of β-lactam (4-membered cyclic amide) rings is 1. The number of nitrogens with zero attached hydrogens (tertiary/aromatic N) is 2. The van der Waals surface area contributed by atoms with Gasteiger partial charge in [-0.3, -0.25) is 24.3 Å². The Morgan fingerprint density at radius 2 is 1.94 bits per heavy atom. The first-order valence-corrected chi connectivity index (χ1v) is 13.4. The summed E-state index contributed by atoms with van der Waals surface area (Å²) in [6.07, 6.45) is -0.952. The van der Waals surface area contributed by atoms with E-state index in [9.17, 15) is 38.0 Å². The highest BCUT2D eigenvalue weighted by Crippen LogP contribution is 2.50. The number of benzene rings is 1. The first-order valence-electron chi connectivity index (χ1n) is 10.8. The molecule has 13 nitrogen and oxygen atoms in total. The molecule has 2 aliphatic heterocycles. The summed E-state index contributed by atoms with van der Waals surface area (Å²) in [5.41, 5.74) is 0.331. The maximum atomic E-state index is 13.0. The van der Waals surface area contributed by atoms with Crippen molar-refractivity contribution >= 4 is 45.4 Å². The van der Waals surface area contributed by atoms with Crippen molar-refractivity contribution in [1.29, 1.82) is 0 Å². The van der Waals surface area contributed by atoms with E-state index in [1.807, 2.05) is 0 Å². The molecule has 0 aliphatic carbocycles. The molecular formula is C21H25N3O10S2. The molecule has 1 saturated heterocycles. The molecule has 4 atom stereocenters. The van der Waals surface area contributed by atoms with Crippen LogP contribution in [0.1, 0.15) is 19.4 Å². The second-order valence-electron chi connectivity index (χ2n) is 8.39. The zero-order valence-corrected chi connectivity index (χ0v) is 21.0. The van der Waals surface area contributed by atoms with Gasteiger partial charge >= 0.3 is 5.97 Å². The number of nitro groups is 1. The number of esters is 1. The summed E-state index contributed by atoms with van der Waals surface area (Å²) in [5.74, 6) is -3.78. The van der Waals surface area contributed by atoms with Crippen molar-refractivity contribution in [3.05, 3.63) is 50.5 Å². The van der Waals surface area contributed by atoms with Gasteiger partial charge in [0.25, 0.3) is 15.8 Å². The van der Waals surface area contributed by atoms with Gasteiger partial charge in [-0.2, -0.15) is 8.42 Å². The number of ether oxygens (including phenoxy) is 1. The van der Waals surface area contributed by atoms with Crippen LogP contribution in [0.5, 0.6) is 0 Å². The molecule has 15 heteroatoms. The highest BCUT2D eigenvalue weighted by atomic mass is 32.2. The number of carbonyl (C=O) groups excluding carboxylic acids is 3. The highest BCUT2D eigenvalue weighted by Gasteiger charge is 2.60. The number of nitrogens with one attached hydrogen (secondary N) is 1. The fourth-order valence-electron chi connectivity index (χ4n) is 4.15. The Balaban J connectivity index is 1.74. The van der Waals surface area contributed by atoms with Gasteiger partial charge in [-0.15, -0.1) is 11.8 Å². The van der Waals surface area contributed by atoms with Crippen molar-refractivity contribution in [2.24, 2.45) is 11.8 Å². The first kappa shape index (κ1) is 27.6. The average molecular weight is 544 g/mol. The van der Waals surface area contributed by atoms with Gasteiger partial charge in [0.05, 0.1) is 34.5 Å². The van der Waals surface area contributed by atoms with Gasteiger partial charge in [0, 0.05) is 29.5 Å². The smallest absolute Gasteiger partial charge is 0.356 e. The van der Waals surface area contributed by atoms with Gasteiger partial charge in [-0.1, -0.05) is 6.92 Å². The number of hydrogen-bond donors (Lipinski definition) is 3. The van der Waals surface area contributed by atoms with E-state index in [1.165, 1.54) is 36.1 Å². The minimum atomic E-state index is -4.24. The van der Waals surface area contributed by atoms with E-state index in [2.05, 4.69) is 5.32 Å². The average Bonchev–Trinajstić information content (AvgIpc) is 3.03. The van der Waals surface area contributed by atoms with Crippen molar-refractivity contribution in [2.75, 3.05) is 18.1 Å². The molecule has 36 heavy (non-hydrogen) atoms. The van der Waals surface area contributed by atoms with Crippen LogP contribution in [0.3, 0.4) is 0 Å². The van der Waals surface area contributed by atoms with E-state index in [0.717, 1.165) is 11.8 Å². The third kappa shape index (κ3) is 6.03. The summed E-state index contributed by atoms with van der Waals surface area (Å²) in [7, 11) is -4.24. The minimum absolute atomic E-state index is 0.0351. The summed E-state index contributed by atoms with van der Waals surface area (Å²) < 4.78 is 35.7. The molecular weight excluding hydrogens is 518 g/mol. The van der Waals surface area contributed by atoms with Crippen LogP contribution in [0.25, 0.3) is 0 Å². The lowest BCUT2D eigenvalue weighted by Gasteiger charge is -2.46. The van der Waals surface area contributed by atoms with E-state index in [0.29, 0.717) is 10.5 Å². The molecule has 196 valence electrons. The topological polar surface area (TPSA) is 193 Å². The fraction of sp³-hybridized carbons (Fsp3) is 0.476. The van der Waals surface area contributed by atoms with E-state index < -0.39 is 56.6 Å². The van der Waals surface area contributed by atoms with E-state index in [-0.39, 0.29) is 36.2 Å². The number of aliphatic hydroxyl groups excluding tert-OH is 1. The van der Waals surface area contributed by atoms with E-state index in [4.69, 9.17) is 9.29 Å². The fourth-order valence-corrected chi connectivity index (χ4v) is 5.62. The van der Waals surface area contributed by atoms with Crippen LogP contribution in [-0.2, 0) is 35.8 Å². The normalized spacial score (nSPS) is 22.1. The summed E-state index contributed by atoms with van der Waals surface area (Å²) in [4.78, 5) is 49.8. The molecule has 1 fully saturated rings. The second-order valence-corrected chi connectivity index (χ2v) is 11.0. The van der Waals surface area contributed by atoms with Crippen molar-refractivity contribution < 1.29 is 42.1 Å². The lowest BCUT2D eigenvalue weighted by molar-refractivity contribution is -0.384. The Morgan fingerprint density at radius 3 is 2.50 bits per heavy atom. The lowest BCUT2D eigenvalue weighted by Crippen LogP contribution is -2.63. The Bertz CT molecular complexity index is 1200. The van der Waals surface area contributed by atoms with Crippen LogP contribution in [0.15, 0.2) is 34.9 Å². The third-order valence-electron chi connectivity index (χ3n) is 5.86. The number of aliphatic hydroxyl groups is 1. The monoisotopic (exact) mass is 543 g/mol. The number of amides is 2. The third-order valence-corrected chi connectivity index (χ3v) is 7.86. The Kier molecular flexibility index (Phi) is 8.38. The maximum absolute atomic E-state index is 13.0. The van der Waals surface area contributed by atoms with Crippen LogP contribution in [0, 0.1) is 22.0 Å². The van der Waals surface area contributed by atoms with Gasteiger partial charge in [0.1, 0.15) is 12.3 Å².